The van der Waals surface area contributed by atoms with Crippen LogP contribution in [0.2, 0.25) is 0 Å². The van der Waals surface area contributed by atoms with Crippen molar-refractivity contribution in [1.82, 2.24) is 5.32 Å². The maximum atomic E-state index is 12.5. The van der Waals surface area contributed by atoms with E-state index in [9.17, 15) is 9.59 Å². The van der Waals surface area contributed by atoms with Crippen LogP contribution in [-0.4, -0.2) is 38.7 Å². The second-order valence-corrected chi connectivity index (χ2v) is 5.21. The number of hydrogen-bond acceptors (Lipinski definition) is 4. The van der Waals surface area contributed by atoms with E-state index in [2.05, 4.69) is 10.6 Å². The lowest BCUT2D eigenvalue weighted by Crippen LogP contribution is -2.41. The van der Waals surface area contributed by atoms with Gasteiger partial charge in [-0.25, -0.2) is 0 Å². The normalized spacial score (nSPS) is 15.0. The maximum Gasteiger partial charge on any atom is 0.240 e. The zero-order valence-electron chi connectivity index (χ0n) is 13.0. The molecule has 1 aliphatic carbocycles. The summed E-state index contributed by atoms with van der Waals surface area (Å²) < 4.78 is 10.4. The molecule has 1 saturated carbocycles. The first-order chi connectivity index (χ1) is 10.6. The number of ether oxygens (including phenoxy) is 2. The molecule has 0 heterocycles. The highest BCUT2D eigenvalue weighted by atomic mass is 16.5. The van der Waals surface area contributed by atoms with E-state index in [1.807, 2.05) is 19.1 Å². The molecule has 1 aliphatic rings. The fourth-order valence-corrected chi connectivity index (χ4v) is 2.21. The molecule has 0 atom stereocenters. The van der Waals surface area contributed by atoms with Crippen molar-refractivity contribution in [3.63, 3.8) is 0 Å². The Balaban J connectivity index is 2.01. The molecule has 1 aromatic rings. The van der Waals surface area contributed by atoms with Crippen molar-refractivity contribution >= 4 is 17.5 Å². The van der Waals surface area contributed by atoms with Crippen LogP contribution in [-0.2, 0) is 14.3 Å². The minimum Gasteiger partial charge on any atom is -0.492 e. The van der Waals surface area contributed by atoms with Crippen molar-refractivity contribution in [3.05, 3.63) is 24.3 Å². The molecule has 0 saturated heterocycles. The Morgan fingerprint density at radius 1 is 1.23 bits per heavy atom. The number of methoxy groups -OCH3 is 1. The summed E-state index contributed by atoms with van der Waals surface area (Å²) in [7, 11) is 1.57. The number of hydrogen-bond donors (Lipinski definition) is 2. The van der Waals surface area contributed by atoms with E-state index in [0.717, 1.165) is 0 Å². The van der Waals surface area contributed by atoms with Crippen molar-refractivity contribution in [2.24, 2.45) is 5.41 Å². The van der Waals surface area contributed by atoms with Gasteiger partial charge in [-0.05, 0) is 31.9 Å². The molecule has 0 aliphatic heterocycles. The number of carbonyl (C=O) groups is 2. The quantitative estimate of drug-likeness (QED) is 0.564. The highest BCUT2D eigenvalue weighted by Crippen LogP contribution is 2.47. The van der Waals surface area contributed by atoms with Gasteiger partial charge in [0, 0.05) is 13.7 Å². The highest BCUT2D eigenvalue weighted by molar-refractivity contribution is 6.13. The third-order valence-corrected chi connectivity index (χ3v) is 3.65. The first-order valence-corrected chi connectivity index (χ1v) is 7.44. The smallest absolute Gasteiger partial charge is 0.240 e. The summed E-state index contributed by atoms with van der Waals surface area (Å²) in [5.74, 6) is 0.0828. The van der Waals surface area contributed by atoms with Crippen molar-refractivity contribution < 1.29 is 19.1 Å². The molecule has 2 amide bonds. The van der Waals surface area contributed by atoms with Gasteiger partial charge in [-0.1, -0.05) is 12.1 Å². The average molecular weight is 306 g/mol. The van der Waals surface area contributed by atoms with Crippen LogP contribution in [0, 0.1) is 5.41 Å². The third-order valence-electron chi connectivity index (χ3n) is 3.65. The molecular weight excluding hydrogens is 284 g/mol. The number of amides is 2. The van der Waals surface area contributed by atoms with Crippen LogP contribution in [0.1, 0.15) is 19.8 Å². The van der Waals surface area contributed by atoms with E-state index in [1.54, 1.807) is 19.2 Å². The standard InChI is InChI=1S/C16H22N2O4/c1-3-22-13-7-5-4-6-12(13)18-15(20)16(8-9-16)14(19)17-10-11-21-2/h4-7H,3,8-11H2,1-2H3,(H,17,19)(H,18,20). The van der Waals surface area contributed by atoms with E-state index in [-0.39, 0.29) is 11.8 Å². The summed E-state index contributed by atoms with van der Waals surface area (Å²) in [6.45, 7) is 3.22. The Morgan fingerprint density at radius 2 is 1.95 bits per heavy atom. The molecule has 0 radical (unpaired) electrons. The number of anilines is 1. The average Bonchev–Trinajstić information content (AvgIpc) is 3.31. The molecule has 22 heavy (non-hydrogen) atoms. The summed E-state index contributed by atoms with van der Waals surface area (Å²) in [5, 5.41) is 5.55. The monoisotopic (exact) mass is 306 g/mol. The van der Waals surface area contributed by atoms with Crippen LogP contribution in [0.25, 0.3) is 0 Å². The summed E-state index contributed by atoms with van der Waals surface area (Å²) in [4.78, 5) is 24.7. The number of carbonyl (C=O) groups excluding carboxylic acids is 2. The van der Waals surface area contributed by atoms with Gasteiger partial charge in [0.05, 0.1) is 18.9 Å². The summed E-state index contributed by atoms with van der Waals surface area (Å²) in [5.41, 5.74) is -0.363. The molecule has 120 valence electrons. The van der Waals surface area contributed by atoms with E-state index < -0.39 is 5.41 Å². The number of para-hydroxylation sites is 2. The van der Waals surface area contributed by atoms with Gasteiger partial charge in [-0.3, -0.25) is 9.59 Å². The zero-order chi connectivity index (χ0) is 16.0. The Hall–Kier alpha value is -2.08. The number of benzene rings is 1. The molecule has 0 aromatic heterocycles. The predicted octanol–water partition coefficient (Wildman–Crippen LogP) is 1.57. The van der Waals surface area contributed by atoms with Crippen molar-refractivity contribution in [2.75, 3.05) is 32.2 Å². The van der Waals surface area contributed by atoms with Crippen molar-refractivity contribution in [3.8, 4) is 5.75 Å². The first kappa shape index (κ1) is 16.3. The van der Waals surface area contributed by atoms with Crippen LogP contribution < -0.4 is 15.4 Å². The maximum absolute atomic E-state index is 12.5. The largest absolute Gasteiger partial charge is 0.492 e. The summed E-state index contributed by atoms with van der Waals surface area (Å²) >= 11 is 0. The topological polar surface area (TPSA) is 76.7 Å². The zero-order valence-corrected chi connectivity index (χ0v) is 13.0. The number of nitrogens with one attached hydrogen (secondary N) is 2. The second-order valence-electron chi connectivity index (χ2n) is 5.21. The Morgan fingerprint density at radius 3 is 2.59 bits per heavy atom. The molecule has 0 bridgehead atoms. The molecule has 6 heteroatoms. The minimum absolute atomic E-state index is 0.240. The molecule has 0 unspecified atom stereocenters. The third kappa shape index (κ3) is 3.57. The Kier molecular flexibility index (Phi) is 5.38. The van der Waals surface area contributed by atoms with Gasteiger partial charge < -0.3 is 20.1 Å². The van der Waals surface area contributed by atoms with Gasteiger partial charge in [-0.2, -0.15) is 0 Å². The van der Waals surface area contributed by atoms with E-state index in [0.29, 0.717) is 44.0 Å². The van der Waals surface area contributed by atoms with Gasteiger partial charge in [0.2, 0.25) is 11.8 Å². The van der Waals surface area contributed by atoms with Crippen LogP contribution in [0.15, 0.2) is 24.3 Å². The Bertz CT molecular complexity index is 541. The minimum atomic E-state index is -0.951. The lowest BCUT2D eigenvalue weighted by molar-refractivity contribution is -0.134. The van der Waals surface area contributed by atoms with Crippen LogP contribution in [0.5, 0.6) is 5.75 Å². The molecule has 6 nitrogen and oxygen atoms in total. The van der Waals surface area contributed by atoms with Crippen LogP contribution in [0.4, 0.5) is 5.69 Å². The Labute approximate surface area is 130 Å². The molecular formula is C16H22N2O4. The summed E-state index contributed by atoms with van der Waals surface area (Å²) in [6.07, 6.45) is 1.13. The van der Waals surface area contributed by atoms with Gasteiger partial charge in [-0.15, -0.1) is 0 Å². The van der Waals surface area contributed by atoms with E-state index in [1.165, 1.54) is 0 Å². The van der Waals surface area contributed by atoms with Gasteiger partial charge in [0.25, 0.3) is 0 Å². The van der Waals surface area contributed by atoms with Gasteiger partial charge in [0.15, 0.2) is 0 Å². The lowest BCUT2D eigenvalue weighted by Gasteiger charge is -2.17. The molecule has 0 spiro atoms. The molecule has 1 aromatic carbocycles. The molecule has 2 N–H and O–H groups in total. The molecule has 1 fully saturated rings. The fraction of sp³-hybridized carbons (Fsp3) is 0.500. The summed E-state index contributed by atoms with van der Waals surface area (Å²) in [6, 6.07) is 7.21. The predicted molar refractivity (Wildman–Crippen MR) is 82.8 cm³/mol. The van der Waals surface area contributed by atoms with Crippen LogP contribution in [0.3, 0.4) is 0 Å². The SMILES string of the molecule is CCOc1ccccc1NC(=O)C1(C(=O)NCCOC)CC1. The highest BCUT2D eigenvalue weighted by Gasteiger charge is 2.56. The lowest BCUT2D eigenvalue weighted by atomic mass is 10.0. The van der Waals surface area contributed by atoms with E-state index in [4.69, 9.17) is 9.47 Å². The fourth-order valence-electron chi connectivity index (χ4n) is 2.21. The van der Waals surface area contributed by atoms with Crippen molar-refractivity contribution in [1.29, 1.82) is 0 Å². The van der Waals surface area contributed by atoms with E-state index >= 15 is 0 Å². The van der Waals surface area contributed by atoms with Crippen LogP contribution >= 0.6 is 0 Å². The second kappa shape index (κ2) is 7.26. The van der Waals surface area contributed by atoms with Crippen molar-refractivity contribution in [2.45, 2.75) is 19.8 Å². The molecule has 2 rings (SSSR count). The van der Waals surface area contributed by atoms with Gasteiger partial charge >= 0.3 is 0 Å². The first-order valence-electron chi connectivity index (χ1n) is 7.44. The number of rotatable bonds is 8. The van der Waals surface area contributed by atoms with Gasteiger partial charge in [0.1, 0.15) is 11.2 Å².